The Labute approximate surface area is 120 Å². The van der Waals surface area contributed by atoms with Crippen molar-refractivity contribution in [2.45, 2.75) is 0 Å². The van der Waals surface area contributed by atoms with Crippen LogP contribution in [0.3, 0.4) is 0 Å². The normalized spacial score (nSPS) is 9.07. The van der Waals surface area contributed by atoms with E-state index < -0.39 is 5.97 Å². The van der Waals surface area contributed by atoms with Crippen molar-refractivity contribution in [3.63, 3.8) is 0 Å². The third-order valence-corrected chi connectivity index (χ3v) is 2.05. The summed E-state index contributed by atoms with van der Waals surface area (Å²) in [5, 5.41) is 0.811. The molecule has 0 aliphatic heterocycles. The predicted molar refractivity (Wildman–Crippen MR) is 63.1 cm³/mol. The van der Waals surface area contributed by atoms with Gasteiger partial charge < -0.3 is 4.74 Å². The fourth-order valence-corrected chi connectivity index (χ4v) is 1.09. The molecule has 14 heavy (non-hydrogen) atoms. The SMILES string of the molecule is O=C(CS)Oc1cc(Cl)ccc1Cl.[NaH]. The molecule has 0 heterocycles. The van der Waals surface area contributed by atoms with Crippen molar-refractivity contribution in [1.82, 2.24) is 0 Å². The molecule has 0 aromatic heterocycles. The van der Waals surface area contributed by atoms with E-state index in [2.05, 4.69) is 12.6 Å². The van der Waals surface area contributed by atoms with Crippen LogP contribution in [0, 0.1) is 0 Å². The predicted octanol–water partition coefficient (Wildman–Crippen LogP) is 2.18. The van der Waals surface area contributed by atoms with E-state index in [1.807, 2.05) is 0 Å². The molecule has 72 valence electrons. The minimum absolute atomic E-state index is 0. The van der Waals surface area contributed by atoms with Crippen LogP contribution in [0.1, 0.15) is 0 Å². The fraction of sp³-hybridized carbons (Fsp3) is 0.125. The zero-order chi connectivity index (χ0) is 9.84. The molecule has 0 aliphatic rings. The molecule has 1 aromatic rings. The summed E-state index contributed by atoms with van der Waals surface area (Å²) in [7, 11) is 0. The van der Waals surface area contributed by atoms with Crippen LogP contribution in [0.2, 0.25) is 10.0 Å². The van der Waals surface area contributed by atoms with E-state index in [1.54, 1.807) is 12.1 Å². The van der Waals surface area contributed by atoms with Crippen molar-refractivity contribution in [3.05, 3.63) is 28.2 Å². The number of carbonyl (C=O) groups is 1. The van der Waals surface area contributed by atoms with Crippen molar-refractivity contribution < 1.29 is 9.53 Å². The van der Waals surface area contributed by atoms with Gasteiger partial charge in [-0.3, -0.25) is 4.79 Å². The van der Waals surface area contributed by atoms with E-state index >= 15 is 0 Å². The van der Waals surface area contributed by atoms with Gasteiger partial charge in [0.2, 0.25) is 0 Å². The topological polar surface area (TPSA) is 26.3 Å². The molecule has 0 amide bonds. The Kier molecular flexibility index (Phi) is 7.30. The molecule has 6 heteroatoms. The van der Waals surface area contributed by atoms with Crippen LogP contribution in [-0.2, 0) is 4.79 Å². The number of ether oxygens (including phenoxy) is 1. The Balaban J connectivity index is 0.00000169. The molecule has 1 aromatic carbocycles. The summed E-state index contributed by atoms with van der Waals surface area (Å²) >= 11 is 15.2. The van der Waals surface area contributed by atoms with E-state index in [0.717, 1.165) is 0 Å². The molecule has 1 rings (SSSR count). The zero-order valence-electron chi connectivity index (χ0n) is 6.46. The number of esters is 1. The Morgan fingerprint density at radius 1 is 1.43 bits per heavy atom. The molecule has 0 saturated heterocycles. The van der Waals surface area contributed by atoms with Crippen LogP contribution < -0.4 is 4.74 Å². The molecule has 2 nitrogen and oxygen atoms in total. The Morgan fingerprint density at radius 2 is 2.07 bits per heavy atom. The quantitative estimate of drug-likeness (QED) is 0.382. The fourth-order valence-electron chi connectivity index (χ4n) is 0.710. The standard InChI is InChI=1S/C8H6Cl2O2S.Na.H/c9-5-1-2-6(10)7(3-5)12-8(11)4-13;;/h1-3,13H,4H2;;. The first-order valence-electron chi connectivity index (χ1n) is 3.40. The van der Waals surface area contributed by atoms with Crippen LogP contribution >= 0.6 is 35.8 Å². The zero-order valence-corrected chi connectivity index (χ0v) is 8.87. The average molecular weight is 261 g/mol. The van der Waals surface area contributed by atoms with Crippen LogP contribution in [0.4, 0.5) is 0 Å². The summed E-state index contributed by atoms with van der Waals surface area (Å²) in [4.78, 5) is 10.8. The van der Waals surface area contributed by atoms with E-state index in [-0.39, 0.29) is 41.1 Å². The van der Waals surface area contributed by atoms with Gasteiger partial charge in [0.15, 0.2) is 5.75 Å². The van der Waals surface area contributed by atoms with Gasteiger partial charge in [0, 0.05) is 11.1 Å². The number of thiol groups is 1. The molecule has 0 radical (unpaired) electrons. The number of hydrogen-bond donors (Lipinski definition) is 1. The summed E-state index contributed by atoms with van der Waals surface area (Å²) < 4.78 is 4.84. The molecule has 0 saturated carbocycles. The second-order valence-electron chi connectivity index (χ2n) is 2.21. The first-order valence-corrected chi connectivity index (χ1v) is 4.79. The second-order valence-corrected chi connectivity index (χ2v) is 3.37. The van der Waals surface area contributed by atoms with Gasteiger partial charge in [-0.25, -0.2) is 0 Å². The molecular weight excluding hydrogens is 254 g/mol. The van der Waals surface area contributed by atoms with Gasteiger partial charge in [0.05, 0.1) is 10.8 Å². The Hall–Kier alpha value is 0.620. The molecule has 0 aliphatic carbocycles. The van der Waals surface area contributed by atoms with E-state index in [1.165, 1.54) is 6.07 Å². The van der Waals surface area contributed by atoms with Crippen molar-refractivity contribution in [3.8, 4) is 5.75 Å². The van der Waals surface area contributed by atoms with Crippen LogP contribution in [0.5, 0.6) is 5.75 Å². The number of benzene rings is 1. The molecule has 0 unspecified atom stereocenters. The number of halogens is 2. The van der Waals surface area contributed by atoms with Gasteiger partial charge in [0.25, 0.3) is 0 Å². The van der Waals surface area contributed by atoms with E-state index in [4.69, 9.17) is 27.9 Å². The maximum absolute atomic E-state index is 10.8. The van der Waals surface area contributed by atoms with Gasteiger partial charge in [-0.2, -0.15) is 12.6 Å². The van der Waals surface area contributed by atoms with Crippen LogP contribution in [-0.4, -0.2) is 41.3 Å². The number of carbonyl (C=O) groups excluding carboxylic acids is 1. The summed E-state index contributed by atoms with van der Waals surface area (Å²) in [6.07, 6.45) is 0. The maximum atomic E-state index is 10.8. The van der Waals surface area contributed by atoms with Crippen LogP contribution in [0.25, 0.3) is 0 Å². The van der Waals surface area contributed by atoms with E-state index in [9.17, 15) is 4.79 Å². The third-order valence-electron chi connectivity index (χ3n) is 1.25. The first kappa shape index (κ1) is 14.6. The van der Waals surface area contributed by atoms with Crippen LogP contribution in [0.15, 0.2) is 18.2 Å². The molecular formula is C8H7Cl2NaO2S. The van der Waals surface area contributed by atoms with Crippen molar-refractivity contribution in [1.29, 1.82) is 0 Å². The summed E-state index contributed by atoms with van der Waals surface area (Å²) in [5.74, 6) is -0.205. The number of rotatable bonds is 2. The minimum atomic E-state index is -0.465. The van der Waals surface area contributed by atoms with Crippen molar-refractivity contribution >= 4 is 71.4 Å². The second kappa shape index (κ2) is 6.99. The van der Waals surface area contributed by atoms with Gasteiger partial charge in [-0.15, -0.1) is 0 Å². The molecule has 0 bridgehead atoms. The monoisotopic (exact) mass is 260 g/mol. The number of hydrogen-bond acceptors (Lipinski definition) is 3. The van der Waals surface area contributed by atoms with Crippen molar-refractivity contribution in [2.24, 2.45) is 0 Å². The summed E-state index contributed by atoms with van der Waals surface area (Å²) in [6.45, 7) is 0. The van der Waals surface area contributed by atoms with E-state index in [0.29, 0.717) is 10.0 Å². The average Bonchev–Trinajstić information content (AvgIpc) is 2.11. The molecule has 0 atom stereocenters. The molecule has 0 fully saturated rings. The summed E-state index contributed by atoms with van der Waals surface area (Å²) in [6, 6.07) is 4.65. The first-order chi connectivity index (χ1) is 6.13. The molecule has 0 spiro atoms. The Bertz CT molecular complexity index is 333. The third kappa shape index (κ3) is 4.43. The summed E-state index contributed by atoms with van der Waals surface area (Å²) in [5.41, 5.74) is 0. The van der Waals surface area contributed by atoms with Crippen molar-refractivity contribution in [2.75, 3.05) is 5.75 Å². The van der Waals surface area contributed by atoms with Gasteiger partial charge in [-0.1, -0.05) is 23.2 Å². The molecule has 0 N–H and O–H groups in total. The van der Waals surface area contributed by atoms with Gasteiger partial charge in [-0.05, 0) is 12.1 Å². The van der Waals surface area contributed by atoms with Gasteiger partial charge in [0.1, 0.15) is 0 Å². The Morgan fingerprint density at radius 3 is 2.64 bits per heavy atom. The van der Waals surface area contributed by atoms with Gasteiger partial charge >= 0.3 is 35.5 Å².